The lowest BCUT2D eigenvalue weighted by molar-refractivity contribution is 0.0636. The molecule has 6 heteroatoms. The molecule has 0 unspecified atom stereocenters. The molecule has 0 radical (unpaired) electrons. The van der Waals surface area contributed by atoms with Gasteiger partial charge in [-0.1, -0.05) is 80.6 Å². The van der Waals surface area contributed by atoms with E-state index in [1.54, 1.807) is 6.07 Å². The predicted molar refractivity (Wildman–Crippen MR) is 162 cm³/mol. The summed E-state index contributed by atoms with van der Waals surface area (Å²) in [6.07, 6.45) is 1.44. The van der Waals surface area contributed by atoms with E-state index in [-0.39, 0.29) is 17.9 Å². The third-order valence-corrected chi connectivity index (χ3v) is 7.39. The highest BCUT2D eigenvalue weighted by molar-refractivity contribution is 6.02. The molecule has 6 nitrogen and oxygen atoms in total. The summed E-state index contributed by atoms with van der Waals surface area (Å²) in [7, 11) is 0. The fourth-order valence-corrected chi connectivity index (χ4v) is 5.26. The molecule has 0 atom stereocenters. The molecular formula is C34H43N3O3. The van der Waals surface area contributed by atoms with Crippen LogP contribution in [0.1, 0.15) is 86.5 Å². The van der Waals surface area contributed by atoms with E-state index in [1.165, 1.54) is 11.1 Å². The van der Waals surface area contributed by atoms with E-state index >= 15 is 0 Å². The van der Waals surface area contributed by atoms with E-state index in [0.29, 0.717) is 23.7 Å². The van der Waals surface area contributed by atoms with Crippen LogP contribution in [0.5, 0.6) is 0 Å². The molecule has 1 aliphatic rings. The second kappa shape index (κ2) is 13.1. The molecule has 0 bridgehead atoms. The highest BCUT2D eigenvalue weighted by Crippen LogP contribution is 2.32. The van der Waals surface area contributed by atoms with Crippen LogP contribution in [0.3, 0.4) is 0 Å². The number of carbonyl (C=O) groups excluding carboxylic acids is 2. The van der Waals surface area contributed by atoms with Crippen molar-refractivity contribution in [3.8, 4) is 0 Å². The zero-order valence-corrected chi connectivity index (χ0v) is 24.4. The summed E-state index contributed by atoms with van der Waals surface area (Å²) in [6.45, 7) is 12.1. The minimum absolute atomic E-state index is 0.178. The van der Waals surface area contributed by atoms with Crippen LogP contribution >= 0.6 is 0 Å². The number of nitrogens with one attached hydrogen (secondary N) is 2. The van der Waals surface area contributed by atoms with Gasteiger partial charge in [-0.3, -0.25) is 15.0 Å². The number of ether oxygens (including phenoxy) is 1. The second-order valence-corrected chi connectivity index (χ2v) is 12.0. The Morgan fingerprint density at radius 3 is 1.98 bits per heavy atom. The minimum Gasteiger partial charge on any atom is -0.444 e. The maximum absolute atomic E-state index is 13.4. The van der Waals surface area contributed by atoms with Gasteiger partial charge in [-0.2, -0.15) is 0 Å². The van der Waals surface area contributed by atoms with Gasteiger partial charge >= 0.3 is 6.09 Å². The van der Waals surface area contributed by atoms with Crippen LogP contribution < -0.4 is 10.6 Å². The van der Waals surface area contributed by atoms with Gasteiger partial charge in [0.05, 0.1) is 17.3 Å². The van der Waals surface area contributed by atoms with Crippen molar-refractivity contribution < 1.29 is 14.3 Å². The molecule has 1 heterocycles. The first-order valence-corrected chi connectivity index (χ1v) is 14.4. The van der Waals surface area contributed by atoms with Crippen molar-refractivity contribution in [1.29, 1.82) is 0 Å². The molecule has 3 aromatic carbocycles. The smallest absolute Gasteiger partial charge is 0.412 e. The number of anilines is 1. The Morgan fingerprint density at radius 1 is 0.875 bits per heavy atom. The van der Waals surface area contributed by atoms with Gasteiger partial charge in [0.25, 0.3) is 5.91 Å². The van der Waals surface area contributed by atoms with E-state index in [0.717, 1.165) is 31.5 Å². The van der Waals surface area contributed by atoms with Crippen LogP contribution in [0.2, 0.25) is 0 Å². The molecule has 0 aromatic heterocycles. The highest BCUT2D eigenvalue weighted by Gasteiger charge is 2.28. The lowest BCUT2D eigenvalue weighted by Crippen LogP contribution is -2.40. The average Bonchev–Trinajstić information content (AvgIpc) is 2.93. The summed E-state index contributed by atoms with van der Waals surface area (Å²) >= 11 is 0. The van der Waals surface area contributed by atoms with Crippen molar-refractivity contribution >= 4 is 17.7 Å². The van der Waals surface area contributed by atoms with E-state index in [9.17, 15) is 9.59 Å². The maximum atomic E-state index is 13.4. The number of likely N-dealkylation sites (tertiary alicyclic amines) is 1. The summed E-state index contributed by atoms with van der Waals surface area (Å²) in [4.78, 5) is 28.4. The predicted octanol–water partition coefficient (Wildman–Crippen LogP) is 7.39. The lowest BCUT2D eigenvalue weighted by atomic mass is 9.91. The van der Waals surface area contributed by atoms with Crippen molar-refractivity contribution in [3.05, 3.63) is 101 Å². The van der Waals surface area contributed by atoms with Crippen molar-refractivity contribution in [1.82, 2.24) is 10.2 Å². The summed E-state index contributed by atoms with van der Waals surface area (Å²) in [5.41, 5.74) is 3.94. The Balaban J connectivity index is 1.40. The van der Waals surface area contributed by atoms with Gasteiger partial charge in [-0.25, -0.2) is 4.79 Å². The number of carbonyl (C=O) groups is 2. The SMILES string of the molecule is CC(C)c1ccc(NC(=O)OC(C)(C)C)c(C(=O)NCC2CCN(C(c3ccccc3)c3ccccc3)CC2)c1. The Morgan fingerprint density at radius 2 is 1.45 bits per heavy atom. The third kappa shape index (κ3) is 7.95. The van der Waals surface area contributed by atoms with Gasteiger partial charge < -0.3 is 10.1 Å². The summed E-state index contributed by atoms with van der Waals surface area (Å²) in [5, 5.41) is 5.93. The fraction of sp³-hybridized carbons (Fsp3) is 0.412. The van der Waals surface area contributed by atoms with Gasteiger partial charge in [0.15, 0.2) is 0 Å². The molecular weight excluding hydrogens is 498 g/mol. The summed E-state index contributed by atoms with van der Waals surface area (Å²) in [6, 6.07) is 27.2. The minimum atomic E-state index is -0.626. The largest absolute Gasteiger partial charge is 0.444 e. The number of rotatable bonds is 8. The average molecular weight is 542 g/mol. The molecule has 212 valence electrons. The van der Waals surface area contributed by atoms with Crippen LogP contribution in [0, 0.1) is 5.92 Å². The molecule has 40 heavy (non-hydrogen) atoms. The van der Waals surface area contributed by atoms with Crippen molar-refractivity contribution in [2.75, 3.05) is 25.0 Å². The Labute approximate surface area is 239 Å². The van der Waals surface area contributed by atoms with Crippen molar-refractivity contribution in [2.45, 2.75) is 65.0 Å². The molecule has 2 amide bonds. The van der Waals surface area contributed by atoms with Crippen molar-refractivity contribution in [3.63, 3.8) is 0 Å². The van der Waals surface area contributed by atoms with Crippen LogP contribution in [0.15, 0.2) is 78.9 Å². The number of nitrogens with zero attached hydrogens (tertiary/aromatic N) is 1. The number of amides is 2. The molecule has 0 spiro atoms. The molecule has 2 N–H and O–H groups in total. The van der Waals surface area contributed by atoms with Crippen molar-refractivity contribution in [2.24, 2.45) is 5.92 Å². The normalized spacial score (nSPS) is 14.8. The molecule has 0 saturated carbocycles. The monoisotopic (exact) mass is 541 g/mol. The van der Waals surface area contributed by atoms with Gasteiger partial charge in [-0.05, 0) is 87.4 Å². The van der Waals surface area contributed by atoms with Gasteiger partial charge in [-0.15, -0.1) is 0 Å². The molecule has 4 rings (SSSR count). The number of benzene rings is 3. The van der Waals surface area contributed by atoms with Gasteiger partial charge in [0.1, 0.15) is 5.60 Å². The first-order valence-electron chi connectivity index (χ1n) is 14.4. The Kier molecular flexibility index (Phi) is 9.64. The molecule has 1 saturated heterocycles. The first-order chi connectivity index (χ1) is 19.1. The molecule has 1 fully saturated rings. The lowest BCUT2D eigenvalue weighted by Gasteiger charge is -2.38. The quantitative estimate of drug-likeness (QED) is 0.312. The molecule has 3 aromatic rings. The third-order valence-electron chi connectivity index (χ3n) is 7.39. The second-order valence-electron chi connectivity index (χ2n) is 12.0. The van der Waals surface area contributed by atoms with Gasteiger partial charge in [0.2, 0.25) is 0 Å². The van der Waals surface area contributed by atoms with E-state index in [1.807, 2.05) is 32.9 Å². The van der Waals surface area contributed by atoms with Crippen LogP contribution in [-0.2, 0) is 4.74 Å². The highest BCUT2D eigenvalue weighted by atomic mass is 16.6. The van der Waals surface area contributed by atoms with E-state index in [2.05, 4.69) is 90.0 Å². The van der Waals surface area contributed by atoms with Crippen LogP contribution in [-0.4, -0.2) is 42.1 Å². The molecule has 1 aliphatic heterocycles. The first kappa shape index (κ1) is 29.3. The summed E-state index contributed by atoms with van der Waals surface area (Å²) in [5.74, 6) is 0.471. The standard InChI is InChI=1S/C34H43N3O3/c1-24(2)28-16-17-30(36-33(39)40-34(3,4)5)29(22-28)32(38)35-23-25-18-20-37(21-19-25)31(26-12-8-6-9-13-26)27-14-10-7-11-15-27/h6-17,22,24-25,31H,18-21,23H2,1-5H3,(H,35,38)(H,36,39). The maximum Gasteiger partial charge on any atom is 0.412 e. The van der Waals surface area contributed by atoms with Crippen LogP contribution in [0.4, 0.5) is 10.5 Å². The Hall–Kier alpha value is -3.64. The van der Waals surface area contributed by atoms with Crippen LogP contribution in [0.25, 0.3) is 0 Å². The number of piperidine rings is 1. The molecule has 0 aliphatic carbocycles. The van der Waals surface area contributed by atoms with E-state index < -0.39 is 11.7 Å². The fourth-order valence-electron chi connectivity index (χ4n) is 5.26. The zero-order valence-electron chi connectivity index (χ0n) is 24.4. The topological polar surface area (TPSA) is 70.7 Å². The zero-order chi connectivity index (χ0) is 28.7. The van der Waals surface area contributed by atoms with Gasteiger partial charge in [0, 0.05) is 6.54 Å². The summed E-state index contributed by atoms with van der Waals surface area (Å²) < 4.78 is 5.42. The number of hydrogen-bond donors (Lipinski definition) is 2. The Bertz CT molecular complexity index is 1220. The number of hydrogen-bond acceptors (Lipinski definition) is 4. The van der Waals surface area contributed by atoms with E-state index in [4.69, 9.17) is 4.74 Å².